The van der Waals surface area contributed by atoms with Gasteiger partial charge in [0.2, 0.25) is 0 Å². The lowest BCUT2D eigenvalue weighted by Crippen LogP contribution is -1.37. The molecule has 0 heterocycles. The summed E-state index contributed by atoms with van der Waals surface area (Å²) in [4.78, 5) is 0. The molecule has 0 bridgehead atoms. The van der Waals surface area contributed by atoms with Gasteiger partial charge in [-0.15, -0.1) is 0 Å². The summed E-state index contributed by atoms with van der Waals surface area (Å²) in [6.45, 7) is 0. The molecule has 0 aliphatic heterocycles. The monoisotopic (exact) mass is 304 g/mol. The van der Waals surface area contributed by atoms with Crippen LogP contribution in [0, 0.1) is 0 Å². The lowest BCUT2D eigenvalue weighted by molar-refractivity contribution is 0.702. The van der Waals surface area contributed by atoms with Crippen molar-refractivity contribution in [3.8, 4) is 0 Å². The minimum Gasteiger partial charge on any atom is -0.200 e. The summed E-state index contributed by atoms with van der Waals surface area (Å²) in [5.41, 5.74) is 0. The first-order valence-corrected chi connectivity index (χ1v) is 12.5. The van der Waals surface area contributed by atoms with E-state index in [1.54, 1.807) is 35.5 Å². The van der Waals surface area contributed by atoms with Crippen LogP contribution in [0.5, 0.6) is 0 Å². The highest BCUT2D eigenvalue weighted by molar-refractivity contribution is 8.72. The van der Waals surface area contributed by atoms with Crippen LogP contribution in [-0.4, -0.2) is 4.21 Å². The Hall–Kier alpha value is 1.78. The molecule has 10 heavy (non-hydrogen) atoms. The number of hydrogen-bond acceptors (Lipinski definition) is 2. The third-order valence-electron chi connectivity index (χ3n) is 0.194. The van der Waals surface area contributed by atoms with Gasteiger partial charge in [-0.3, -0.25) is 0 Å². The predicted molar refractivity (Wildman–Crippen MR) is 67.1 cm³/mol. The second-order valence-electron chi connectivity index (χ2n) is 0.544. The van der Waals surface area contributed by atoms with Gasteiger partial charge in [-0.05, 0) is 0 Å². The molecule has 0 rings (SSSR count). The van der Waals surface area contributed by atoms with Crippen molar-refractivity contribution in [1.29, 1.82) is 0 Å². The Kier molecular flexibility index (Phi) is 12.7. The third-order valence-corrected chi connectivity index (χ3v) is 14.2. The Bertz CT molecular complexity index is 340. The second-order valence-corrected chi connectivity index (χ2v) is 13.5. The Morgan fingerprint density at radius 1 is 0.800 bits per heavy atom. The molecule has 0 atom stereocenters. The number of hydrogen-bond donors (Lipinski definition) is 0. The molecule has 0 saturated heterocycles. The maximum atomic E-state index is 9.82. The van der Waals surface area contributed by atoms with Crippen molar-refractivity contribution in [2.45, 2.75) is 0 Å². The summed E-state index contributed by atoms with van der Waals surface area (Å²) in [5, 5.41) is 0. The van der Waals surface area contributed by atoms with Gasteiger partial charge in [0.05, 0.1) is 0 Å². The maximum Gasteiger partial charge on any atom is 0.168 e. The zero-order valence-corrected chi connectivity index (χ0v) is 11.4. The van der Waals surface area contributed by atoms with Gasteiger partial charge in [0.25, 0.3) is 0 Å². The van der Waals surface area contributed by atoms with Gasteiger partial charge in [-0.1, -0.05) is 0 Å². The fraction of sp³-hybridized carbons (Fsp3) is 0. The number of rotatable bonds is 0. The van der Waals surface area contributed by atoms with E-state index in [9.17, 15) is 4.21 Å². The lowest BCUT2D eigenvalue weighted by Gasteiger charge is -1.35. The van der Waals surface area contributed by atoms with Gasteiger partial charge in [-0.2, -0.15) is 4.21 Å². The highest BCUT2D eigenvalue weighted by atomic mass is 33.4. The second kappa shape index (κ2) is 10.8. The average molecular weight is 305 g/mol. The zero-order valence-electron chi connectivity index (χ0n) is 4.08. The summed E-state index contributed by atoms with van der Waals surface area (Å²) in [6, 6.07) is 0. The van der Waals surface area contributed by atoms with Crippen LogP contribution in [0.3, 0.4) is 0 Å². The van der Waals surface area contributed by atoms with E-state index in [-0.39, 0.29) is 0 Å². The van der Waals surface area contributed by atoms with E-state index in [0.29, 0.717) is 10.2 Å². The highest BCUT2D eigenvalue weighted by Gasteiger charge is 1.38. The van der Waals surface area contributed by atoms with Crippen LogP contribution in [0.2, 0.25) is 0 Å². The van der Waals surface area contributed by atoms with E-state index in [0.717, 1.165) is 0 Å². The summed E-state index contributed by atoms with van der Waals surface area (Å²) in [7, 11) is 10.9. The van der Waals surface area contributed by atoms with Crippen molar-refractivity contribution < 1.29 is 4.21 Å². The van der Waals surface area contributed by atoms with Gasteiger partial charge in [-0.25, -0.2) is 0 Å². The first kappa shape index (κ1) is 11.8. The van der Waals surface area contributed by atoms with E-state index in [1.165, 1.54) is 26.6 Å². The molecule has 0 aliphatic rings. The van der Waals surface area contributed by atoms with Gasteiger partial charge in [0.1, 0.15) is 0 Å². The first-order chi connectivity index (χ1) is 4.91. The quantitative estimate of drug-likeness (QED) is 0.608. The summed E-state index contributed by atoms with van der Waals surface area (Å²) in [6.07, 6.45) is 0. The van der Waals surface area contributed by atoms with E-state index in [1.807, 2.05) is 0 Å². The molecule has 0 amide bonds. The Balaban J connectivity index is 5.30. The molecular formula is OS9. The molecule has 0 unspecified atom stereocenters. The third kappa shape index (κ3) is 9.78. The normalized spacial score (nSPS) is 6.80. The van der Waals surface area contributed by atoms with Crippen molar-refractivity contribution in [2.24, 2.45) is 0 Å². The van der Waals surface area contributed by atoms with E-state index in [4.69, 9.17) is 0 Å². The fourth-order valence-corrected chi connectivity index (χ4v) is 14.7. The van der Waals surface area contributed by atoms with Crippen LogP contribution in [0.1, 0.15) is 0 Å². The topological polar surface area (TPSA) is 17.1 Å². The van der Waals surface area contributed by atoms with Crippen LogP contribution in [0.4, 0.5) is 0 Å². The Morgan fingerprint density at radius 3 is 1.80 bits per heavy atom. The Morgan fingerprint density at radius 2 is 1.30 bits per heavy atom. The van der Waals surface area contributed by atoms with Crippen LogP contribution >= 0.6 is 0 Å². The van der Waals surface area contributed by atoms with Gasteiger partial charge in [0.15, 0.2) is 10.2 Å². The smallest absolute Gasteiger partial charge is 0.168 e. The minimum atomic E-state index is 0.519. The average Bonchev–Trinajstić information content (AvgIpc) is 1.97. The van der Waals surface area contributed by atoms with Crippen LogP contribution in [0.25, 0.3) is 0 Å². The van der Waals surface area contributed by atoms with Gasteiger partial charge in [0, 0.05) is 73.4 Å². The Labute approximate surface area is 86.4 Å². The molecule has 0 aromatic heterocycles. The summed E-state index contributed by atoms with van der Waals surface area (Å²) in [5.74, 6) is 0. The largest absolute Gasteiger partial charge is 0.200 e. The zero-order chi connectivity index (χ0) is 7.66. The SMILES string of the molecule is O=S=S=S=S=S=S=S=S=S. The van der Waals surface area contributed by atoms with Crippen LogP contribution in [-0.2, 0) is 83.6 Å². The highest BCUT2D eigenvalue weighted by Crippen LogP contribution is 1.36. The lowest BCUT2D eigenvalue weighted by atomic mass is 16.0. The van der Waals surface area contributed by atoms with Crippen molar-refractivity contribution >= 4 is 83.6 Å². The van der Waals surface area contributed by atoms with E-state index in [2.05, 4.69) is 11.2 Å². The molecule has 60 valence electrons. The summed E-state index contributed by atoms with van der Waals surface area (Å²) < 4.78 is 9.82. The molecule has 10 heteroatoms. The molecule has 1 nitrogen and oxygen atoms in total. The van der Waals surface area contributed by atoms with Crippen LogP contribution in [0.15, 0.2) is 0 Å². The van der Waals surface area contributed by atoms with Gasteiger partial charge < -0.3 is 0 Å². The maximum absolute atomic E-state index is 9.82. The standard InChI is InChI=1S/OS9/c1-3-5-7-9-10-8-6-4-2. The summed E-state index contributed by atoms with van der Waals surface area (Å²) >= 11 is 4.62. The molecule has 0 radical (unpaired) electrons. The molecule has 0 N–H and O–H groups in total. The van der Waals surface area contributed by atoms with Crippen molar-refractivity contribution in [1.82, 2.24) is 0 Å². The molecular weight excluding hydrogens is 305 g/mol. The molecule has 0 aromatic rings. The first-order valence-electron chi connectivity index (χ1n) is 1.50. The molecule has 0 fully saturated rings. The predicted octanol–water partition coefficient (Wildman–Crippen LogP) is -0.356. The van der Waals surface area contributed by atoms with Crippen LogP contribution < -0.4 is 0 Å². The molecule has 0 aromatic carbocycles. The minimum absolute atomic E-state index is 0.519. The van der Waals surface area contributed by atoms with Gasteiger partial charge >= 0.3 is 0 Å². The van der Waals surface area contributed by atoms with E-state index >= 15 is 0 Å². The molecule has 0 saturated carbocycles. The van der Waals surface area contributed by atoms with Crippen molar-refractivity contribution in [3.63, 3.8) is 0 Å². The van der Waals surface area contributed by atoms with Crippen molar-refractivity contribution in [2.75, 3.05) is 0 Å². The van der Waals surface area contributed by atoms with E-state index < -0.39 is 0 Å². The molecule has 0 aliphatic carbocycles. The fourth-order valence-electron chi connectivity index (χ4n) is 0.0680. The molecule has 0 spiro atoms. The van der Waals surface area contributed by atoms with Crippen molar-refractivity contribution in [3.05, 3.63) is 0 Å².